The van der Waals surface area contributed by atoms with E-state index in [0.717, 1.165) is 17.3 Å². The Bertz CT molecular complexity index is 610. The lowest BCUT2D eigenvalue weighted by atomic mass is 10.3. The molecule has 0 atom stereocenters. The van der Waals surface area contributed by atoms with Crippen molar-refractivity contribution in [3.05, 3.63) is 30.1 Å². The molecule has 21 heavy (non-hydrogen) atoms. The quantitative estimate of drug-likeness (QED) is 0.824. The maximum Gasteiger partial charge on any atom is 0.230 e. The van der Waals surface area contributed by atoms with E-state index in [4.69, 9.17) is 4.74 Å². The minimum atomic E-state index is -0.00978. The predicted molar refractivity (Wildman–Crippen MR) is 82.1 cm³/mol. The van der Waals surface area contributed by atoms with Gasteiger partial charge in [0.1, 0.15) is 11.6 Å². The predicted octanol–water partition coefficient (Wildman–Crippen LogP) is 1.81. The van der Waals surface area contributed by atoms with Crippen molar-refractivity contribution in [2.45, 2.75) is 19.0 Å². The van der Waals surface area contributed by atoms with Crippen molar-refractivity contribution in [3.63, 3.8) is 0 Å². The van der Waals surface area contributed by atoms with Gasteiger partial charge in [0.25, 0.3) is 0 Å². The second-order valence-electron chi connectivity index (χ2n) is 4.31. The molecule has 0 aliphatic rings. The molecule has 0 fully saturated rings. The number of methoxy groups -OCH3 is 1. The molecular formula is C14H18N4O2S. The number of hydrogen-bond acceptors (Lipinski definition) is 5. The van der Waals surface area contributed by atoms with Gasteiger partial charge in [-0.2, -0.15) is 0 Å². The first-order chi connectivity index (χ1) is 10.2. The fraction of sp³-hybridized carbons (Fsp3) is 0.357. The van der Waals surface area contributed by atoms with Crippen LogP contribution in [0.15, 0.2) is 29.4 Å². The van der Waals surface area contributed by atoms with E-state index in [9.17, 15) is 4.79 Å². The molecule has 0 spiro atoms. The topological polar surface area (TPSA) is 69.0 Å². The third-order valence-electron chi connectivity index (χ3n) is 2.83. The summed E-state index contributed by atoms with van der Waals surface area (Å²) in [5.41, 5.74) is 0.941. The average Bonchev–Trinajstić information content (AvgIpc) is 2.86. The Hall–Kier alpha value is -2.02. The van der Waals surface area contributed by atoms with E-state index in [-0.39, 0.29) is 5.91 Å². The van der Waals surface area contributed by atoms with Crippen molar-refractivity contribution < 1.29 is 9.53 Å². The van der Waals surface area contributed by atoms with E-state index in [2.05, 4.69) is 15.5 Å². The van der Waals surface area contributed by atoms with E-state index >= 15 is 0 Å². The number of benzene rings is 1. The lowest BCUT2D eigenvalue weighted by molar-refractivity contribution is -0.118. The molecule has 6 nitrogen and oxygen atoms in total. The van der Waals surface area contributed by atoms with Crippen LogP contribution in [0.1, 0.15) is 12.7 Å². The summed E-state index contributed by atoms with van der Waals surface area (Å²) in [6.07, 6.45) is 0. The highest BCUT2D eigenvalue weighted by molar-refractivity contribution is 7.99. The lowest BCUT2D eigenvalue weighted by Crippen LogP contribution is -2.24. The summed E-state index contributed by atoms with van der Waals surface area (Å²) in [6, 6.07) is 7.64. The van der Waals surface area contributed by atoms with Crippen LogP contribution in [0.5, 0.6) is 5.75 Å². The third kappa shape index (κ3) is 3.75. The second-order valence-corrected chi connectivity index (χ2v) is 5.25. The lowest BCUT2D eigenvalue weighted by Gasteiger charge is -2.09. The average molecular weight is 306 g/mol. The molecule has 2 rings (SSSR count). The smallest absolute Gasteiger partial charge is 0.230 e. The molecule has 1 aromatic heterocycles. The normalized spacial score (nSPS) is 10.4. The summed E-state index contributed by atoms with van der Waals surface area (Å²) in [6.45, 7) is 4.41. The Morgan fingerprint density at radius 2 is 2.05 bits per heavy atom. The van der Waals surface area contributed by atoms with Crippen LogP contribution in [0.4, 0.5) is 0 Å². The van der Waals surface area contributed by atoms with Crippen LogP contribution < -0.4 is 10.1 Å². The number of carbonyl (C=O) groups excluding carboxylic acids is 1. The molecule has 1 N–H and O–H groups in total. The highest BCUT2D eigenvalue weighted by atomic mass is 32.2. The number of aromatic nitrogens is 3. The van der Waals surface area contributed by atoms with E-state index in [1.807, 2.05) is 42.7 Å². The van der Waals surface area contributed by atoms with Gasteiger partial charge in [-0.05, 0) is 38.1 Å². The monoisotopic (exact) mass is 306 g/mol. The maximum absolute atomic E-state index is 11.5. The van der Waals surface area contributed by atoms with Crippen LogP contribution in [-0.4, -0.2) is 40.1 Å². The van der Waals surface area contributed by atoms with Crippen molar-refractivity contribution in [1.29, 1.82) is 0 Å². The van der Waals surface area contributed by atoms with Crippen LogP contribution in [0.2, 0.25) is 0 Å². The first-order valence-electron chi connectivity index (χ1n) is 6.61. The molecule has 2 aromatic rings. The molecule has 0 saturated carbocycles. The number of amides is 1. The number of aryl methyl sites for hydroxylation is 1. The minimum absolute atomic E-state index is 0.00978. The van der Waals surface area contributed by atoms with Crippen LogP contribution in [0, 0.1) is 6.92 Å². The van der Waals surface area contributed by atoms with Crippen molar-refractivity contribution >= 4 is 17.7 Å². The summed E-state index contributed by atoms with van der Waals surface area (Å²) >= 11 is 1.37. The molecule has 1 amide bonds. The molecule has 1 heterocycles. The first kappa shape index (κ1) is 15.4. The molecule has 1 aromatic carbocycles. The number of nitrogens with one attached hydrogen (secondary N) is 1. The zero-order valence-corrected chi connectivity index (χ0v) is 13.1. The summed E-state index contributed by atoms with van der Waals surface area (Å²) in [7, 11) is 1.63. The molecule has 0 aliphatic carbocycles. The Balaban J connectivity index is 2.19. The van der Waals surface area contributed by atoms with Gasteiger partial charge < -0.3 is 10.1 Å². The van der Waals surface area contributed by atoms with Gasteiger partial charge in [0, 0.05) is 12.2 Å². The van der Waals surface area contributed by atoms with Crippen molar-refractivity contribution in [3.8, 4) is 11.4 Å². The number of thioether (sulfide) groups is 1. The van der Waals surface area contributed by atoms with Gasteiger partial charge in [0.2, 0.25) is 5.91 Å². The van der Waals surface area contributed by atoms with Crippen LogP contribution >= 0.6 is 11.8 Å². The summed E-state index contributed by atoms with van der Waals surface area (Å²) < 4.78 is 7.07. The highest BCUT2D eigenvalue weighted by Gasteiger charge is 2.13. The molecular weight excluding hydrogens is 288 g/mol. The standard InChI is InChI=1S/C14H18N4O2S/c1-4-15-13(19)9-21-14-17-16-10(2)18(14)11-5-7-12(20-3)8-6-11/h5-8H,4,9H2,1-3H3,(H,15,19). The number of ether oxygens (including phenoxy) is 1. The van der Waals surface area contributed by atoms with Gasteiger partial charge in [-0.15, -0.1) is 10.2 Å². The molecule has 112 valence electrons. The maximum atomic E-state index is 11.5. The fourth-order valence-corrected chi connectivity index (χ4v) is 2.67. The Morgan fingerprint density at radius 1 is 1.33 bits per heavy atom. The Labute approximate surface area is 127 Å². The summed E-state index contributed by atoms with van der Waals surface area (Å²) in [5, 5.41) is 11.7. The molecule has 7 heteroatoms. The minimum Gasteiger partial charge on any atom is -0.497 e. The first-order valence-corrected chi connectivity index (χ1v) is 7.60. The third-order valence-corrected chi connectivity index (χ3v) is 3.76. The molecule has 0 radical (unpaired) electrons. The molecule has 0 aliphatic heterocycles. The Kier molecular flexibility index (Phi) is 5.21. The van der Waals surface area contributed by atoms with E-state index in [0.29, 0.717) is 17.5 Å². The van der Waals surface area contributed by atoms with Crippen molar-refractivity contribution in [2.24, 2.45) is 0 Å². The van der Waals surface area contributed by atoms with E-state index < -0.39 is 0 Å². The zero-order chi connectivity index (χ0) is 15.2. The summed E-state index contributed by atoms with van der Waals surface area (Å²) in [5.74, 6) is 1.88. The Morgan fingerprint density at radius 3 is 2.67 bits per heavy atom. The van der Waals surface area contributed by atoms with Crippen LogP contribution in [-0.2, 0) is 4.79 Å². The molecule has 0 saturated heterocycles. The van der Waals surface area contributed by atoms with Crippen LogP contribution in [0.25, 0.3) is 5.69 Å². The van der Waals surface area contributed by atoms with Gasteiger partial charge in [0.05, 0.1) is 12.9 Å². The largest absolute Gasteiger partial charge is 0.497 e. The second kappa shape index (κ2) is 7.12. The number of nitrogens with zero attached hydrogens (tertiary/aromatic N) is 3. The number of carbonyl (C=O) groups is 1. The molecule has 0 unspecified atom stereocenters. The van der Waals surface area contributed by atoms with Crippen molar-refractivity contribution in [1.82, 2.24) is 20.1 Å². The number of rotatable bonds is 6. The van der Waals surface area contributed by atoms with E-state index in [1.54, 1.807) is 7.11 Å². The van der Waals surface area contributed by atoms with Crippen molar-refractivity contribution in [2.75, 3.05) is 19.4 Å². The van der Waals surface area contributed by atoms with Gasteiger partial charge in [-0.1, -0.05) is 11.8 Å². The SMILES string of the molecule is CCNC(=O)CSc1nnc(C)n1-c1ccc(OC)cc1. The highest BCUT2D eigenvalue weighted by Crippen LogP contribution is 2.23. The zero-order valence-electron chi connectivity index (χ0n) is 12.3. The van der Waals surface area contributed by atoms with Gasteiger partial charge in [-0.3, -0.25) is 9.36 Å². The van der Waals surface area contributed by atoms with Crippen LogP contribution in [0.3, 0.4) is 0 Å². The van der Waals surface area contributed by atoms with Gasteiger partial charge in [-0.25, -0.2) is 0 Å². The summed E-state index contributed by atoms with van der Waals surface area (Å²) in [4.78, 5) is 11.5. The fourth-order valence-electron chi connectivity index (χ4n) is 1.84. The van der Waals surface area contributed by atoms with Gasteiger partial charge >= 0.3 is 0 Å². The molecule has 0 bridgehead atoms. The number of hydrogen-bond donors (Lipinski definition) is 1. The van der Waals surface area contributed by atoms with E-state index in [1.165, 1.54) is 11.8 Å². The van der Waals surface area contributed by atoms with Gasteiger partial charge in [0.15, 0.2) is 5.16 Å².